The first-order chi connectivity index (χ1) is 7.77. The Bertz CT molecular complexity index is 379. The summed E-state index contributed by atoms with van der Waals surface area (Å²) in [6, 6.07) is 3.70. The summed E-state index contributed by atoms with van der Waals surface area (Å²) < 4.78 is 10.8. The molecule has 0 fully saturated rings. The quantitative estimate of drug-likeness (QED) is 0.799. The molecule has 1 aromatic carbocycles. The first-order valence-electron chi connectivity index (χ1n) is 5.47. The number of aliphatic hydroxyl groups excluding tert-OH is 1. The number of nitrogens with two attached hydrogens (primary N) is 1. The van der Waals surface area contributed by atoms with Gasteiger partial charge in [-0.25, -0.2) is 0 Å². The molecule has 0 aromatic heterocycles. The molecule has 0 bridgehead atoms. The first kappa shape index (κ1) is 11.2. The van der Waals surface area contributed by atoms with Gasteiger partial charge in [0.1, 0.15) is 0 Å². The van der Waals surface area contributed by atoms with Crippen molar-refractivity contribution in [3.8, 4) is 11.5 Å². The molecule has 2 rings (SSSR count). The molecule has 1 heterocycles. The molecule has 1 unspecified atom stereocenters. The maximum atomic E-state index is 8.91. The van der Waals surface area contributed by atoms with E-state index < -0.39 is 0 Å². The predicted octanol–water partition coefficient (Wildman–Crippen LogP) is 1.01. The molecule has 0 spiro atoms. The van der Waals surface area contributed by atoms with Crippen LogP contribution in [0.3, 0.4) is 0 Å². The molecule has 1 aliphatic rings. The standard InChI is InChI=1S/C12H17NO3/c1-15-11-3-2-8(10(13)4-6-14)9-5-7-16-12(9)11/h2-3,10,14H,4-7,13H2,1H3. The molecule has 0 saturated heterocycles. The maximum Gasteiger partial charge on any atom is 0.164 e. The molecule has 0 saturated carbocycles. The average molecular weight is 223 g/mol. The number of hydrogen-bond acceptors (Lipinski definition) is 4. The summed E-state index contributed by atoms with van der Waals surface area (Å²) in [6.45, 7) is 0.775. The van der Waals surface area contributed by atoms with Crippen LogP contribution in [-0.4, -0.2) is 25.4 Å². The largest absolute Gasteiger partial charge is 0.493 e. The summed E-state index contributed by atoms with van der Waals surface area (Å²) in [7, 11) is 1.63. The molecule has 1 aromatic rings. The van der Waals surface area contributed by atoms with Gasteiger partial charge in [-0.2, -0.15) is 0 Å². The van der Waals surface area contributed by atoms with E-state index in [-0.39, 0.29) is 12.6 Å². The summed E-state index contributed by atoms with van der Waals surface area (Å²) >= 11 is 0. The van der Waals surface area contributed by atoms with Crippen molar-refractivity contribution >= 4 is 0 Å². The van der Waals surface area contributed by atoms with Crippen LogP contribution in [0.1, 0.15) is 23.6 Å². The van der Waals surface area contributed by atoms with Gasteiger partial charge < -0.3 is 20.3 Å². The molecular formula is C12H17NO3. The zero-order chi connectivity index (χ0) is 11.5. The summed E-state index contributed by atoms with van der Waals surface area (Å²) in [5.41, 5.74) is 8.20. The zero-order valence-electron chi connectivity index (χ0n) is 9.40. The topological polar surface area (TPSA) is 64.7 Å². The van der Waals surface area contributed by atoms with Crippen molar-refractivity contribution in [3.05, 3.63) is 23.3 Å². The molecule has 1 aliphatic heterocycles. The Morgan fingerprint density at radius 2 is 2.38 bits per heavy atom. The molecule has 4 heteroatoms. The third-order valence-electron chi connectivity index (χ3n) is 2.92. The van der Waals surface area contributed by atoms with E-state index in [4.69, 9.17) is 20.3 Å². The van der Waals surface area contributed by atoms with Crippen LogP contribution in [0.2, 0.25) is 0 Å². The smallest absolute Gasteiger partial charge is 0.164 e. The second-order valence-electron chi connectivity index (χ2n) is 3.88. The van der Waals surface area contributed by atoms with Gasteiger partial charge in [0.15, 0.2) is 11.5 Å². The number of rotatable bonds is 4. The minimum Gasteiger partial charge on any atom is -0.493 e. The Kier molecular flexibility index (Phi) is 3.31. The van der Waals surface area contributed by atoms with Crippen molar-refractivity contribution in [1.82, 2.24) is 0 Å². The SMILES string of the molecule is COc1ccc(C(N)CCO)c2c1OCC2. The lowest BCUT2D eigenvalue weighted by Crippen LogP contribution is -2.13. The fourth-order valence-electron chi connectivity index (χ4n) is 2.10. The van der Waals surface area contributed by atoms with Crippen LogP contribution in [0, 0.1) is 0 Å². The molecule has 0 radical (unpaired) electrons. The number of aliphatic hydroxyl groups is 1. The maximum absolute atomic E-state index is 8.91. The lowest BCUT2D eigenvalue weighted by Gasteiger charge is -2.15. The van der Waals surface area contributed by atoms with Crippen LogP contribution in [0.5, 0.6) is 11.5 Å². The molecule has 16 heavy (non-hydrogen) atoms. The van der Waals surface area contributed by atoms with Gasteiger partial charge in [-0.1, -0.05) is 6.07 Å². The van der Waals surface area contributed by atoms with Gasteiger partial charge in [0.05, 0.1) is 13.7 Å². The normalized spacial score (nSPS) is 15.4. The van der Waals surface area contributed by atoms with Crippen LogP contribution >= 0.6 is 0 Å². The van der Waals surface area contributed by atoms with Gasteiger partial charge in [0, 0.05) is 24.6 Å². The Hall–Kier alpha value is -1.26. The van der Waals surface area contributed by atoms with Crippen LogP contribution < -0.4 is 15.2 Å². The second kappa shape index (κ2) is 4.72. The molecule has 0 amide bonds. The highest BCUT2D eigenvalue weighted by atomic mass is 16.5. The summed E-state index contributed by atoms with van der Waals surface area (Å²) in [5.74, 6) is 1.57. The Labute approximate surface area is 95.0 Å². The van der Waals surface area contributed by atoms with Crippen LogP contribution in [0.25, 0.3) is 0 Å². The second-order valence-corrected chi connectivity index (χ2v) is 3.88. The van der Waals surface area contributed by atoms with Crippen molar-refractivity contribution in [3.63, 3.8) is 0 Å². The number of methoxy groups -OCH3 is 1. The van der Waals surface area contributed by atoms with Gasteiger partial charge in [0.2, 0.25) is 0 Å². The number of fused-ring (bicyclic) bond motifs is 1. The van der Waals surface area contributed by atoms with Crippen LogP contribution in [-0.2, 0) is 6.42 Å². The van der Waals surface area contributed by atoms with E-state index in [1.807, 2.05) is 12.1 Å². The van der Waals surface area contributed by atoms with Crippen LogP contribution in [0.4, 0.5) is 0 Å². The number of benzene rings is 1. The minimum atomic E-state index is -0.133. The van der Waals surface area contributed by atoms with E-state index >= 15 is 0 Å². The molecule has 88 valence electrons. The van der Waals surface area contributed by atoms with Gasteiger partial charge in [-0.05, 0) is 18.1 Å². The molecule has 4 nitrogen and oxygen atoms in total. The predicted molar refractivity (Wildman–Crippen MR) is 60.8 cm³/mol. The van der Waals surface area contributed by atoms with E-state index in [1.165, 1.54) is 0 Å². The molecule has 3 N–H and O–H groups in total. The van der Waals surface area contributed by atoms with E-state index in [1.54, 1.807) is 7.11 Å². The monoisotopic (exact) mass is 223 g/mol. The van der Waals surface area contributed by atoms with Crippen molar-refractivity contribution in [2.24, 2.45) is 5.73 Å². The van der Waals surface area contributed by atoms with E-state index in [0.717, 1.165) is 29.0 Å². The minimum absolute atomic E-state index is 0.100. The van der Waals surface area contributed by atoms with Gasteiger partial charge in [0.25, 0.3) is 0 Å². The third-order valence-corrected chi connectivity index (χ3v) is 2.92. The first-order valence-corrected chi connectivity index (χ1v) is 5.47. The van der Waals surface area contributed by atoms with Gasteiger partial charge in [-0.3, -0.25) is 0 Å². The molecule has 0 aliphatic carbocycles. The van der Waals surface area contributed by atoms with Crippen molar-refractivity contribution in [1.29, 1.82) is 0 Å². The summed E-state index contributed by atoms with van der Waals surface area (Å²) in [4.78, 5) is 0. The lowest BCUT2D eigenvalue weighted by atomic mass is 9.97. The van der Waals surface area contributed by atoms with E-state index in [2.05, 4.69) is 0 Å². The number of hydrogen-bond donors (Lipinski definition) is 2. The Morgan fingerprint density at radius 3 is 3.06 bits per heavy atom. The van der Waals surface area contributed by atoms with E-state index in [0.29, 0.717) is 13.0 Å². The zero-order valence-corrected chi connectivity index (χ0v) is 9.40. The van der Waals surface area contributed by atoms with Gasteiger partial charge in [-0.15, -0.1) is 0 Å². The Balaban J connectivity index is 2.37. The fraction of sp³-hybridized carbons (Fsp3) is 0.500. The highest BCUT2D eigenvalue weighted by molar-refractivity contribution is 5.53. The highest BCUT2D eigenvalue weighted by Gasteiger charge is 2.23. The average Bonchev–Trinajstić information content (AvgIpc) is 2.76. The number of ether oxygens (including phenoxy) is 2. The highest BCUT2D eigenvalue weighted by Crippen LogP contribution is 2.39. The fourth-order valence-corrected chi connectivity index (χ4v) is 2.10. The summed E-state index contributed by atoms with van der Waals surface area (Å²) in [5, 5.41) is 8.91. The molecule has 1 atom stereocenters. The van der Waals surface area contributed by atoms with E-state index in [9.17, 15) is 0 Å². The summed E-state index contributed by atoms with van der Waals surface area (Å²) in [6.07, 6.45) is 1.43. The van der Waals surface area contributed by atoms with Crippen molar-refractivity contribution in [2.75, 3.05) is 20.3 Å². The molecular weight excluding hydrogens is 206 g/mol. The van der Waals surface area contributed by atoms with Crippen molar-refractivity contribution in [2.45, 2.75) is 18.9 Å². The van der Waals surface area contributed by atoms with Gasteiger partial charge >= 0.3 is 0 Å². The van der Waals surface area contributed by atoms with Crippen molar-refractivity contribution < 1.29 is 14.6 Å². The third kappa shape index (κ3) is 1.86. The Morgan fingerprint density at radius 1 is 1.56 bits per heavy atom. The van der Waals surface area contributed by atoms with Crippen LogP contribution in [0.15, 0.2) is 12.1 Å². The lowest BCUT2D eigenvalue weighted by molar-refractivity contribution is 0.276.